The maximum Gasteiger partial charge on any atom is 0.494 e. The van der Waals surface area contributed by atoms with Crippen LogP contribution in [0.15, 0.2) is 24.3 Å². The van der Waals surface area contributed by atoms with E-state index in [1.54, 1.807) is 0 Å². The summed E-state index contributed by atoms with van der Waals surface area (Å²) in [7, 11) is -0.312. The van der Waals surface area contributed by atoms with Crippen molar-refractivity contribution in [3.63, 3.8) is 0 Å². The minimum absolute atomic E-state index is 0. The molecule has 3 nitrogen and oxygen atoms in total. The van der Waals surface area contributed by atoms with Crippen molar-refractivity contribution in [3.05, 3.63) is 29.8 Å². The van der Waals surface area contributed by atoms with Crippen LogP contribution in [0.5, 0.6) is 0 Å². The molecule has 0 saturated carbocycles. The van der Waals surface area contributed by atoms with E-state index in [0.717, 1.165) is 5.46 Å². The first-order valence-corrected chi connectivity index (χ1v) is 7.25. The third-order valence-corrected chi connectivity index (χ3v) is 4.70. The van der Waals surface area contributed by atoms with Gasteiger partial charge in [0.1, 0.15) is 0 Å². The Kier molecular flexibility index (Phi) is 5.22. The van der Waals surface area contributed by atoms with Crippen LogP contribution in [0.2, 0.25) is 0 Å². The first kappa shape index (κ1) is 18.5. The second-order valence-corrected chi connectivity index (χ2v) is 7.30. The quantitative estimate of drug-likeness (QED) is 0.873. The molecule has 0 unspecified atom stereocenters. The Bertz CT molecular complexity index is 487. The Morgan fingerprint density at radius 1 is 1.10 bits per heavy atom. The minimum atomic E-state index is -0.312. The van der Waals surface area contributed by atoms with Gasteiger partial charge in [-0.05, 0) is 38.7 Å². The van der Waals surface area contributed by atoms with E-state index >= 15 is 0 Å². The maximum atomic E-state index is 6.10. The molecule has 1 aliphatic heterocycles. The van der Waals surface area contributed by atoms with Crippen LogP contribution in [0.1, 0.15) is 47.1 Å². The number of hydrogen-bond acceptors (Lipinski definition) is 3. The van der Waals surface area contributed by atoms with Gasteiger partial charge in [0.2, 0.25) is 0 Å². The Labute approximate surface area is 135 Å². The summed E-state index contributed by atoms with van der Waals surface area (Å²) in [6.07, 6.45) is 0. The maximum absolute atomic E-state index is 6.10. The average Bonchev–Trinajstić information content (AvgIpc) is 2.59. The zero-order chi connectivity index (χ0) is 15.2. The second kappa shape index (κ2) is 5.92. The molecule has 5 heteroatoms. The lowest BCUT2D eigenvalue weighted by atomic mass is 9.75. The molecule has 1 aromatic rings. The van der Waals surface area contributed by atoms with Crippen LogP contribution in [0.3, 0.4) is 0 Å². The lowest BCUT2D eigenvalue weighted by Crippen LogP contribution is -2.41. The summed E-state index contributed by atoms with van der Waals surface area (Å²) in [6, 6.07) is 8.36. The van der Waals surface area contributed by atoms with E-state index < -0.39 is 0 Å². The third-order valence-electron chi connectivity index (χ3n) is 4.70. The third kappa shape index (κ3) is 3.45. The zero-order valence-electron chi connectivity index (χ0n) is 13.9. The monoisotopic (exact) mass is 311 g/mol. The Morgan fingerprint density at radius 3 is 2.10 bits per heavy atom. The summed E-state index contributed by atoms with van der Waals surface area (Å²) in [6.45, 7) is 13.2. The van der Waals surface area contributed by atoms with E-state index in [1.807, 2.05) is 6.07 Å². The fraction of sp³-hybridized carbons (Fsp3) is 0.625. The molecule has 0 amide bonds. The van der Waals surface area contributed by atoms with Gasteiger partial charge in [-0.15, -0.1) is 12.4 Å². The largest absolute Gasteiger partial charge is 0.494 e. The van der Waals surface area contributed by atoms with Gasteiger partial charge in [-0.3, -0.25) is 0 Å². The smallest absolute Gasteiger partial charge is 0.399 e. The summed E-state index contributed by atoms with van der Waals surface area (Å²) in [5, 5.41) is 0. The van der Waals surface area contributed by atoms with E-state index in [9.17, 15) is 0 Å². The molecule has 1 aromatic carbocycles. The highest BCUT2D eigenvalue weighted by atomic mass is 35.5. The van der Waals surface area contributed by atoms with Crippen molar-refractivity contribution in [1.82, 2.24) is 0 Å². The predicted molar refractivity (Wildman–Crippen MR) is 91.5 cm³/mol. The standard InChI is InChI=1S/C16H26BNO2.ClH/c1-14(2,11-18)12-8-7-9-13(10-12)17-19-15(3,4)16(5,6)20-17;/h7-10H,11,18H2,1-6H3;1H. The molecular formula is C16H27BClNO2. The van der Waals surface area contributed by atoms with Crippen molar-refractivity contribution >= 4 is 25.0 Å². The van der Waals surface area contributed by atoms with Crippen LogP contribution in [-0.4, -0.2) is 24.9 Å². The molecule has 2 N–H and O–H groups in total. The minimum Gasteiger partial charge on any atom is -0.399 e. The van der Waals surface area contributed by atoms with Gasteiger partial charge in [-0.25, -0.2) is 0 Å². The first-order valence-electron chi connectivity index (χ1n) is 7.25. The van der Waals surface area contributed by atoms with Gasteiger partial charge in [0.25, 0.3) is 0 Å². The molecule has 21 heavy (non-hydrogen) atoms. The fourth-order valence-electron chi connectivity index (χ4n) is 2.20. The van der Waals surface area contributed by atoms with E-state index in [1.165, 1.54) is 5.56 Å². The number of nitrogens with two attached hydrogens (primary N) is 1. The molecule has 0 aliphatic carbocycles. The normalized spacial score (nSPS) is 20.2. The molecule has 1 fully saturated rings. The summed E-state index contributed by atoms with van der Waals surface area (Å²) in [4.78, 5) is 0. The summed E-state index contributed by atoms with van der Waals surface area (Å²) >= 11 is 0. The van der Waals surface area contributed by atoms with Crippen LogP contribution in [0.4, 0.5) is 0 Å². The highest BCUT2D eigenvalue weighted by Gasteiger charge is 2.51. The fourth-order valence-corrected chi connectivity index (χ4v) is 2.20. The predicted octanol–water partition coefficient (Wildman–Crippen LogP) is 2.64. The van der Waals surface area contributed by atoms with Gasteiger partial charge >= 0.3 is 7.12 Å². The number of halogens is 1. The number of rotatable bonds is 3. The molecular weight excluding hydrogens is 284 g/mol. The highest BCUT2D eigenvalue weighted by Crippen LogP contribution is 2.36. The Morgan fingerprint density at radius 2 is 1.62 bits per heavy atom. The zero-order valence-corrected chi connectivity index (χ0v) is 14.7. The van der Waals surface area contributed by atoms with Gasteiger partial charge < -0.3 is 15.0 Å². The number of benzene rings is 1. The Balaban J connectivity index is 0.00000220. The molecule has 2 rings (SSSR count). The SMILES string of the molecule is CC(C)(CN)c1cccc(B2OC(C)(C)C(C)(C)O2)c1.Cl. The van der Waals surface area contributed by atoms with Gasteiger partial charge in [-0.1, -0.05) is 38.1 Å². The van der Waals surface area contributed by atoms with E-state index in [0.29, 0.717) is 6.54 Å². The molecule has 118 valence electrons. The molecule has 1 heterocycles. The van der Waals surface area contributed by atoms with Gasteiger partial charge in [-0.2, -0.15) is 0 Å². The average molecular weight is 312 g/mol. The van der Waals surface area contributed by atoms with Crippen molar-refractivity contribution < 1.29 is 9.31 Å². The summed E-state index contributed by atoms with van der Waals surface area (Å²) in [5.74, 6) is 0. The molecule has 1 saturated heterocycles. The van der Waals surface area contributed by atoms with Crippen molar-refractivity contribution in [2.45, 2.75) is 58.2 Å². The van der Waals surface area contributed by atoms with Crippen LogP contribution >= 0.6 is 12.4 Å². The van der Waals surface area contributed by atoms with Crippen molar-refractivity contribution in [2.75, 3.05) is 6.54 Å². The van der Waals surface area contributed by atoms with Crippen LogP contribution in [0.25, 0.3) is 0 Å². The Hall–Kier alpha value is -0.545. The van der Waals surface area contributed by atoms with Gasteiger partial charge in [0.05, 0.1) is 11.2 Å². The lowest BCUT2D eigenvalue weighted by molar-refractivity contribution is 0.00578. The summed E-state index contributed by atoms with van der Waals surface area (Å²) in [5.41, 5.74) is 7.48. The molecule has 0 radical (unpaired) electrons. The van der Waals surface area contributed by atoms with Crippen molar-refractivity contribution in [2.24, 2.45) is 5.73 Å². The van der Waals surface area contributed by atoms with Crippen LogP contribution in [0, 0.1) is 0 Å². The first-order chi connectivity index (χ1) is 9.09. The van der Waals surface area contributed by atoms with Crippen molar-refractivity contribution in [3.8, 4) is 0 Å². The van der Waals surface area contributed by atoms with Crippen molar-refractivity contribution in [1.29, 1.82) is 0 Å². The van der Waals surface area contributed by atoms with Crippen LogP contribution < -0.4 is 11.2 Å². The molecule has 1 aliphatic rings. The molecule has 0 bridgehead atoms. The van der Waals surface area contributed by atoms with Gasteiger partial charge in [0, 0.05) is 12.0 Å². The lowest BCUT2D eigenvalue weighted by Gasteiger charge is -2.32. The molecule has 0 spiro atoms. The topological polar surface area (TPSA) is 44.5 Å². The van der Waals surface area contributed by atoms with E-state index in [4.69, 9.17) is 15.0 Å². The molecule has 0 atom stereocenters. The highest BCUT2D eigenvalue weighted by molar-refractivity contribution is 6.62. The summed E-state index contributed by atoms with van der Waals surface area (Å²) < 4.78 is 12.2. The molecule has 0 aromatic heterocycles. The number of hydrogen-bond donors (Lipinski definition) is 1. The van der Waals surface area contributed by atoms with E-state index in [2.05, 4.69) is 59.7 Å². The van der Waals surface area contributed by atoms with Crippen LogP contribution in [-0.2, 0) is 14.7 Å². The van der Waals surface area contributed by atoms with E-state index in [-0.39, 0.29) is 36.1 Å². The second-order valence-electron chi connectivity index (χ2n) is 7.30. The van der Waals surface area contributed by atoms with Gasteiger partial charge in [0.15, 0.2) is 0 Å².